The minimum atomic E-state index is -4.35. The number of rotatable bonds is 17. The van der Waals surface area contributed by atoms with Crippen molar-refractivity contribution in [3.63, 3.8) is 0 Å². The maximum atomic E-state index is 11.3. The van der Waals surface area contributed by atoms with Crippen LogP contribution in [0.3, 0.4) is 0 Å². The Labute approximate surface area is 216 Å². The predicted octanol–water partition coefficient (Wildman–Crippen LogP) is 4.01. The largest absolute Gasteiger partial charge is 1.00 e. The molecule has 0 aliphatic heterocycles. The van der Waals surface area contributed by atoms with Gasteiger partial charge in [-0.05, 0) is 24.5 Å². The molecule has 0 atom stereocenters. The number of hydrogen-bond donors (Lipinski definition) is 0. The summed E-state index contributed by atoms with van der Waals surface area (Å²) in [4.78, 5) is -0.0460. The van der Waals surface area contributed by atoms with Crippen LogP contribution in [0.25, 0.3) is 0 Å². The Morgan fingerprint density at radius 1 is 0.679 bits per heavy atom. The van der Waals surface area contributed by atoms with Gasteiger partial charge in [0, 0.05) is 0 Å². The van der Waals surface area contributed by atoms with E-state index in [-0.39, 0.29) is 56.3 Å². The Kier molecular flexibility index (Phi) is 19.0. The van der Waals surface area contributed by atoms with Gasteiger partial charge in [0.1, 0.15) is 10.1 Å². The molecule has 1 rings (SSSR count). The monoisotopic (exact) mass is 434 g/mol. The van der Waals surface area contributed by atoms with Crippen molar-refractivity contribution >= 4 is 10.1 Å². The molecule has 3 nitrogen and oxygen atoms in total. The van der Waals surface area contributed by atoms with Crippen molar-refractivity contribution in [2.45, 2.75) is 115 Å². The van der Waals surface area contributed by atoms with Crippen LogP contribution in [0.1, 0.15) is 109 Å². The van der Waals surface area contributed by atoms with Crippen molar-refractivity contribution in [1.29, 1.82) is 0 Å². The Morgan fingerprint density at radius 3 is 1.50 bits per heavy atom. The normalized spacial score (nSPS) is 11.4. The van der Waals surface area contributed by atoms with Gasteiger partial charge in [0.2, 0.25) is 0 Å². The molecule has 28 heavy (non-hydrogen) atoms. The number of unbranched alkanes of at least 4 members (excludes halogenated alkanes) is 14. The summed E-state index contributed by atoms with van der Waals surface area (Å²) in [5.74, 6) is 0. The summed E-state index contributed by atoms with van der Waals surface area (Å²) in [6.07, 6.45) is 20.4. The summed E-state index contributed by atoms with van der Waals surface area (Å²) >= 11 is 0. The van der Waals surface area contributed by atoms with Gasteiger partial charge in [-0.25, -0.2) is 8.42 Å². The fourth-order valence-corrected chi connectivity index (χ4v) is 4.38. The van der Waals surface area contributed by atoms with Gasteiger partial charge in [-0.2, -0.15) is 0 Å². The Bertz CT molecular complexity index is 587. The van der Waals surface area contributed by atoms with E-state index in [0.717, 1.165) is 12.8 Å². The van der Waals surface area contributed by atoms with E-state index in [4.69, 9.17) is 0 Å². The molecule has 5 heteroatoms. The van der Waals surface area contributed by atoms with Crippen LogP contribution >= 0.6 is 0 Å². The first-order chi connectivity index (χ1) is 13.1. The molecule has 0 amide bonds. The number of hydrogen-bond acceptors (Lipinski definition) is 3. The Balaban J connectivity index is 0.00000729. The van der Waals surface area contributed by atoms with Crippen molar-refractivity contribution in [1.82, 2.24) is 0 Å². The number of benzene rings is 1. The second-order valence-electron chi connectivity index (χ2n) is 7.76. The molecule has 0 fully saturated rings. The van der Waals surface area contributed by atoms with Crippen LogP contribution in [-0.4, -0.2) is 13.0 Å². The second kappa shape index (κ2) is 18.5. The van der Waals surface area contributed by atoms with Crippen molar-refractivity contribution in [3.05, 3.63) is 29.8 Å². The topological polar surface area (TPSA) is 57.2 Å². The van der Waals surface area contributed by atoms with E-state index >= 15 is 0 Å². The van der Waals surface area contributed by atoms with Gasteiger partial charge in [-0.3, -0.25) is 0 Å². The van der Waals surface area contributed by atoms with Gasteiger partial charge in [0.25, 0.3) is 0 Å². The third kappa shape index (κ3) is 14.7. The third-order valence-corrected chi connectivity index (χ3v) is 6.23. The van der Waals surface area contributed by atoms with Gasteiger partial charge in [0.05, 0.1) is 4.90 Å². The fraction of sp³-hybridized carbons (Fsp3) is 0.739. The van der Waals surface area contributed by atoms with E-state index in [1.165, 1.54) is 89.5 Å². The van der Waals surface area contributed by atoms with E-state index in [1.807, 2.05) is 0 Å². The molecule has 0 saturated heterocycles. The van der Waals surface area contributed by atoms with Crippen molar-refractivity contribution in [2.75, 3.05) is 0 Å². The van der Waals surface area contributed by atoms with Gasteiger partial charge in [-0.1, -0.05) is 115 Å². The quantitative estimate of drug-likeness (QED) is 0.211. The summed E-state index contributed by atoms with van der Waals surface area (Å²) in [6, 6.07) is 6.59. The predicted molar refractivity (Wildman–Crippen MR) is 113 cm³/mol. The van der Waals surface area contributed by atoms with Crippen LogP contribution in [0.2, 0.25) is 0 Å². The van der Waals surface area contributed by atoms with E-state index in [1.54, 1.807) is 18.2 Å². The zero-order valence-corrected chi connectivity index (χ0v) is 22.2. The van der Waals surface area contributed by atoms with Crippen LogP contribution in [-0.2, 0) is 16.5 Å². The fourth-order valence-electron chi connectivity index (χ4n) is 3.64. The van der Waals surface area contributed by atoms with E-state index in [0.29, 0.717) is 12.0 Å². The average Bonchev–Trinajstić information content (AvgIpc) is 2.64. The van der Waals surface area contributed by atoms with Crippen LogP contribution in [0.15, 0.2) is 29.2 Å². The summed E-state index contributed by atoms with van der Waals surface area (Å²) in [7, 11) is -4.35. The van der Waals surface area contributed by atoms with E-state index in [9.17, 15) is 13.0 Å². The Morgan fingerprint density at radius 2 is 1.07 bits per heavy atom. The molecule has 0 aliphatic carbocycles. The first-order valence-corrected chi connectivity index (χ1v) is 12.5. The molecular weight excluding hydrogens is 395 g/mol. The molecule has 0 aliphatic rings. The maximum Gasteiger partial charge on any atom is 1.00 e. The van der Waals surface area contributed by atoms with E-state index < -0.39 is 10.1 Å². The molecule has 0 bridgehead atoms. The number of aryl methyl sites for hydroxylation is 1. The molecule has 156 valence electrons. The van der Waals surface area contributed by atoms with Crippen molar-refractivity contribution < 1.29 is 64.4 Å². The molecule has 1 aromatic carbocycles. The summed E-state index contributed by atoms with van der Waals surface area (Å²) in [5.41, 5.74) is 0.669. The Hall–Kier alpha value is 0.766. The summed E-state index contributed by atoms with van der Waals surface area (Å²) < 4.78 is 33.8. The zero-order chi connectivity index (χ0) is 19.8. The van der Waals surface area contributed by atoms with Crippen LogP contribution < -0.4 is 51.4 Å². The summed E-state index contributed by atoms with van der Waals surface area (Å²) in [6.45, 7) is 2.26. The maximum absolute atomic E-state index is 11.3. The standard InChI is InChI=1S/C23H40O3S.K/c1-2-3-4-5-6-7-8-9-10-11-12-13-14-15-16-19-22-20-17-18-21-23(22)27(24,25)26;/h17-18,20-21H,2-16,19H2,1H3,(H,24,25,26);/q;+1/p-1. The SMILES string of the molecule is CCCCCCCCCCCCCCCCCc1ccccc1S(=O)(=O)[O-].[K+]. The average molecular weight is 435 g/mol. The molecule has 1 aromatic rings. The van der Waals surface area contributed by atoms with Crippen LogP contribution in [0, 0.1) is 0 Å². The van der Waals surface area contributed by atoms with Crippen LogP contribution in [0.4, 0.5) is 0 Å². The molecule has 0 aromatic heterocycles. The minimum absolute atomic E-state index is 0. The smallest absolute Gasteiger partial charge is 0.744 e. The molecule has 0 saturated carbocycles. The minimum Gasteiger partial charge on any atom is -0.744 e. The van der Waals surface area contributed by atoms with Gasteiger partial charge in [-0.15, -0.1) is 0 Å². The van der Waals surface area contributed by atoms with Gasteiger partial charge < -0.3 is 4.55 Å². The van der Waals surface area contributed by atoms with Gasteiger partial charge >= 0.3 is 51.4 Å². The molecule has 0 radical (unpaired) electrons. The van der Waals surface area contributed by atoms with Crippen molar-refractivity contribution in [3.8, 4) is 0 Å². The first kappa shape index (κ1) is 28.8. The van der Waals surface area contributed by atoms with E-state index in [2.05, 4.69) is 6.92 Å². The molecular formula is C23H39KO3S. The van der Waals surface area contributed by atoms with Crippen LogP contribution in [0.5, 0.6) is 0 Å². The van der Waals surface area contributed by atoms with Crippen molar-refractivity contribution in [2.24, 2.45) is 0 Å². The zero-order valence-electron chi connectivity index (χ0n) is 18.3. The first-order valence-electron chi connectivity index (χ1n) is 11.1. The summed E-state index contributed by atoms with van der Waals surface area (Å²) in [5, 5.41) is 0. The second-order valence-corrected chi connectivity index (χ2v) is 9.11. The molecule has 0 unspecified atom stereocenters. The van der Waals surface area contributed by atoms with Gasteiger partial charge in [0.15, 0.2) is 0 Å². The molecule has 0 spiro atoms. The molecule has 0 heterocycles. The molecule has 0 N–H and O–H groups in total. The third-order valence-electron chi connectivity index (χ3n) is 5.29.